The maximum absolute atomic E-state index is 11.6. The number of carbonyl (C=O) groups is 2. The Balaban J connectivity index is 1.75. The summed E-state index contributed by atoms with van der Waals surface area (Å²) < 4.78 is 0. The topological polar surface area (TPSA) is 83.1 Å². The van der Waals surface area contributed by atoms with E-state index in [1.807, 2.05) is 18.2 Å². The Morgan fingerprint density at radius 2 is 1.70 bits per heavy atom. The van der Waals surface area contributed by atoms with Crippen molar-refractivity contribution in [2.45, 2.75) is 0 Å². The number of hydrogen-bond acceptors (Lipinski definition) is 3. The Kier molecular flexibility index (Phi) is 4.66. The summed E-state index contributed by atoms with van der Waals surface area (Å²) in [6.45, 7) is -0.117. The molecule has 0 spiro atoms. The zero-order valence-corrected chi connectivity index (χ0v) is 10.7. The van der Waals surface area contributed by atoms with Crippen molar-refractivity contribution in [3.05, 3.63) is 54.9 Å². The molecule has 0 aliphatic rings. The molecule has 0 radical (unpaired) electrons. The van der Waals surface area contributed by atoms with Gasteiger partial charge in [-0.1, -0.05) is 18.2 Å². The fraction of sp³-hybridized carbons (Fsp3) is 0.0714. The quantitative estimate of drug-likeness (QED) is 0.792. The summed E-state index contributed by atoms with van der Waals surface area (Å²) in [5, 5.41) is 7.70. The van der Waals surface area contributed by atoms with Gasteiger partial charge in [-0.05, 0) is 24.3 Å². The van der Waals surface area contributed by atoms with Gasteiger partial charge in [-0.3, -0.25) is 9.78 Å². The van der Waals surface area contributed by atoms with Crippen LogP contribution in [-0.2, 0) is 4.79 Å². The first-order valence-electron chi connectivity index (χ1n) is 6.04. The summed E-state index contributed by atoms with van der Waals surface area (Å²) in [4.78, 5) is 27.0. The minimum Gasteiger partial charge on any atom is -0.329 e. The molecule has 3 N–H and O–H groups in total. The molecule has 6 nitrogen and oxygen atoms in total. The predicted molar refractivity (Wildman–Crippen MR) is 76.3 cm³/mol. The van der Waals surface area contributed by atoms with Gasteiger partial charge in [-0.25, -0.2) is 4.79 Å². The maximum Gasteiger partial charge on any atom is 0.319 e. The molecular formula is C14H14N4O2. The number of nitrogens with zero attached hydrogens (tertiary/aromatic N) is 1. The summed E-state index contributed by atoms with van der Waals surface area (Å²) in [6, 6.07) is 12.0. The number of aromatic nitrogens is 1. The minimum absolute atomic E-state index is 0.117. The van der Waals surface area contributed by atoms with E-state index in [0.29, 0.717) is 11.4 Å². The average molecular weight is 270 g/mol. The van der Waals surface area contributed by atoms with Gasteiger partial charge < -0.3 is 16.0 Å². The Morgan fingerprint density at radius 3 is 2.40 bits per heavy atom. The van der Waals surface area contributed by atoms with Crippen molar-refractivity contribution in [1.82, 2.24) is 10.3 Å². The van der Waals surface area contributed by atoms with Crippen LogP contribution >= 0.6 is 0 Å². The molecule has 0 saturated heterocycles. The number of pyridine rings is 1. The molecule has 102 valence electrons. The van der Waals surface area contributed by atoms with Crippen LogP contribution in [0.4, 0.5) is 16.2 Å². The van der Waals surface area contributed by atoms with Crippen LogP contribution in [0.5, 0.6) is 0 Å². The third-order valence-electron chi connectivity index (χ3n) is 2.39. The Hall–Kier alpha value is -2.89. The second-order valence-corrected chi connectivity index (χ2v) is 3.96. The van der Waals surface area contributed by atoms with Crippen LogP contribution in [0.3, 0.4) is 0 Å². The molecule has 0 fully saturated rings. The fourth-order valence-corrected chi connectivity index (χ4v) is 1.50. The molecule has 0 unspecified atom stereocenters. The molecule has 1 aromatic heterocycles. The number of para-hydroxylation sites is 1. The van der Waals surface area contributed by atoms with E-state index in [1.165, 1.54) is 6.20 Å². The van der Waals surface area contributed by atoms with Gasteiger partial charge in [-0.15, -0.1) is 0 Å². The van der Waals surface area contributed by atoms with Crippen molar-refractivity contribution in [2.24, 2.45) is 0 Å². The first-order chi connectivity index (χ1) is 9.74. The van der Waals surface area contributed by atoms with E-state index in [4.69, 9.17) is 0 Å². The number of anilines is 2. The number of nitrogens with one attached hydrogen (secondary N) is 3. The normalized spacial score (nSPS) is 9.60. The number of carbonyl (C=O) groups excluding carboxylic acids is 2. The SMILES string of the molecule is O=C(CNC(=O)Nc1ccccc1)Nc1cccnc1. The standard InChI is InChI=1S/C14H14N4O2/c19-13(17-12-7-4-8-15-9-12)10-16-14(20)18-11-5-2-1-3-6-11/h1-9H,10H2,(H,17,19)(H2,16,18,20). The predicted octanol–water partition coefficient (Wildman–Crippen LogP) is 1.84. The first-order valence-corrected chi connectivity index (χ1v) is 6.04. The highest BCUT2D eigenvalue weighted by molar-refractivity contribution is 5.96. The minimum atomic E-state index is -0.433. The molecule has 20 heavy (non-hydrogen) atoms. The van der Waals surface area contributed by atoms with Crippen molar-refractivity contribution in [2.75, 3.05) is 17.2 Å². The molecule has 1 heterocycles. The maximum atomic E-state index is 11.6. The zero-order chi connectivity index (χ0) is 14.2. The number of hydrogen-bond donors (Lipinski definition) is 3. The highest BCUT2D eigenvalue weighted by atomic mass is 16.2. The van der Waals surface area contributed by atoms with Crippen molar-refractivity contribution in [1.29, 1.82) is 0 Å². The summed E-state index contributed by atoms with van der Waals surface area (Å²) in [5.74, 6) is -0.318. The van der Waals surface area contributed by atoms with Crippen LogP contribution in [0, 0.1) is 0 Å². The molecule has 2 rings (SSSR count). The molecule has 0 saturated carbocycles. The molecule has 0 atom stereocenters. The fourth-order valence-electron chi connectivity index (χ4n) is 1.50. The molecule has 3 amide bonds. The van der Waals surface area contributed by atoms with Crippen LogP contribution in [0.15, 0.2) is 54.9 Å². The van der Waals surface area contributed by atoms with Gasteiger partial charge in [0.1, 0.15) is 0 Å². The lowest BCUT2D eigenvalue weighted by Gasteiger charge is -2.08. The third kappa shape index (κ3) is 4.41. The number of rotatable bonds is 4. The van der Waals surface area contributed by atoms with Gasteiger partial charge in [0.25, 0.3) is 0 Å². The van der Waals surface area contributed by atoms with Gasteiger partial charge in [0.15, 0.2) is 0 Å². The molecule has 0 bridgehead atoms. The van der Waals surface area contributed by atoms with Gasteiger partial charge in [0.05, 0.1) is 18.4 Å². The summed E-state index contributed by atoms with van der Waals surface area (Å²) in [6.07, 6.45) is 3.14. The summed E-state index contributed by atoms with van der Waals surface area (Å²) in [7, 11) is 0. The lowest BCUT2D eigenvalue weighted by Crippen LogP contribution is -2.35. The van der Waals surface area contributed by atoms with Gasteiger partial charge >= 0.3 is 6.03 Å². The highest BCUT2D eigenvalue weighted by Crippen LogP contribution is 2.04. The van der Waals surface area contributed by atoms with E-state index in [2.05, 4.69) is 20.9 Å². The van der Waals surface area contributed by atoms with Crippen molar-refractivity contribution >= 4 is 23.3 Å². The Bertz CT molecular complexity index is 519. The third-order valence-corrected chi connectivity index (χ3v) is 2.39. The second-order valence-electron chi connectivity index (χ2n) is 3.96. The number of urea groups is 1. The molecule has 1 aromatic carbocycles. The van der Waals surface area contributed by atoms with E-state index in [0.717, 1.165) is 0 Å². The van der Waals surface area contributed by atoms with E-state index >= 15 is 0 Å². The van der Waals surface area contributed by atoms with E-state index < -0.39 is 6.03 Å². The van der Waals surface area contributed by atoms with Gasteiger partial charge in [0.2, 0.25) is 5.91 Å². The smallest absolute Gasteiger partial charge is 0.319 e. The number of amides is 3. The number of benzene rings is 1. The molecule has 0 aliphatic heterocycles. The molecular weight excluding hydrogens is 256 g/mol. The average Bonchev–Trinajstić information content (AvgIpc) is 2.47. The zero-order valence-electron chi connectivity index (χ0n) is 10.7. The highest BCUT2D eigenvalue weighted by Gasteiger charge is 2.05. The Labute approximate surface area is 116 Å². The summed E-state index contributed by atoms with van der Waals surface area (Å²) in [5.41, 5.74) is 1.25. The second kappa shape index (κ2) is 6.89. The van der Waals surface area contributed by atoms with E-state index in [-0.39, 0.29) is 12.5 Å². The monoisotopic (exact) mass is 270 g/mol. The van der Waals surface area contributed by atoms with Crippen LogP contribution in [0.1, 0.15) is 0 Å². The first kappa shape index (κ1) is 13.5. The largest absolute Gasteiger partial charge is 0.329 e. The lowest BCUT2D eigenvalue weighted by atomic mass is 10.3. The molecule has 6 heteroatoms. The van der Waals surface area contributed by atoms with E-state index in [1.54, 1.807) is 30.5 Å². The van der Waals surface area contributed by atoms with E-state index in [9.17, 15) is 9.59 Å². The van der Waals surface area contributed by atoms with Crippen LogP contribution in [-0.4, -0.2) is 23.5 Å². The van der Waals surface area contributed by atoms with Crippen LogP contribution in [0.25, 0.3) is 0 Å². The van der Waals surface area contributed by atoms with Crippen LogP contribution < -0.4 is 16.0 Å². The summed E-state index contributed by atoms with van der Waals surface area (Å²) >= 11 is 0. The van der Waals surface area contributed by atoms with Gasteiger partial charge in [0, 0.05) is 11.9 Å². The molecule has 2 aromatic rings. The Morgan fingerprint density at radius 1 is 0.950 bits per heavy atom. The van der Waals surface area contributed by atoms with Crippen LogP contribution in [0.2, 0.25) is 0 Å². The lowest BCUT2D eigenvalue weighted by molar-refractivity contribution is -0.115. The van der Waals surface area contributed by atoms with Gasteiger partial charge in [-0.2, -0.15) is 0 Å². The van der Waals surface area contributed by atoms with Crippen molar-refractivity contribution in [3.63, 3.8) is 0 Å². The van der Waals surface area contributed by atoms with Crippen molar-refractivity contribution in [3.8, 4) is 0 Å². The molecule has 0 aliphatic carbocycles. The van der Waals surface area contributed by atoms with Crippen molar-refractivity contribution < 1.29 is 9.59 Å².